The van der Waals surface area contributed by atoms with Crippen molar-refractivity contribution in [2.45, 2.75) is 6.54 Å². The predicted molar refractivity (Wildman–Crippen MR) is 64.5 cm³/mol. The van der Waals surface area contributed by atoms with Crippen LogP contribution in [0.3, 0.4) is 0 Å². The Labute approximate surface area is 103 Å². The predicted octanol–water partition coefficient (Wildman–Crippen LogP) is 3.49. The summed E-state index contributed by atoms with van der Waals surface area (Å²) in [5.41, 5.74) is 0.808. The average Bonchev–Trinajstić information content (AvgIpc) is 2.35. The quantitative estimate of drug-likeness (QED) is 0.880. The average molecular weight is 251 g/mol. The molecular formula is C14H12F3N. The van der Waals surface area contributed by atoms with Crippen molar-refractivity contribution in [1.82, 2.24) is 5.32 Å². The number of hydrogen-bond acceptors (Lipinski definition) is 1. The van der Waals surface area contributed by atoms with Crippen molar-refractivity contribution >= 4 is 0 Å². The number of hydrogen-bond donors (Lipinski definition) is 1. The monoisotopic (exact) mass is 251 g/mol. The lowest BCUT2D eigenvalue weighted by Gasteiger charge is -2.08. The summed E-state index contributed by atoms with van der Waals surface area (Å²) in [4.78, 5) is 0. The van der Waals surface area contributed by atoms with E-state index >= 15 is 0 Å². The molecule has 0 atom stereocenters. The summed E-state index contributed by atoms with van der Waals surface area (Å²) >= 11 is 0. The molecule has 1 nitrogen and oxygen atoms in total. The van der Waals surface area contributed by atoms with Crippen molar-refractivity contribution in [2.75, 3.05) is 7.05 Å². The maximum atomic E-state index is 13.7. The van der Waals surface area contributed by atoms with Crippen LogP contribution in [0.25, 0.3) is 11.1 Å². The van der Waals surface area contributed by atoms with Gasteiger partial charge in [-0.05, 0) is 42.9 Å². The van der Waals surface area contributed by atoms with Crippen LogP contribution in [0.4, 0.5) is 13.2 Å². The Bertz CT molecular complexity index is 567. The van der Waals surface area contributed by atoms with Crippen LogP contribution >= 0.6 is 0 Å². The first kappa shape index (κ1) is 12.6. The van der Waals surface area contributed by atoms with Gasteiger partial charge in [0, 0.05) is 17.7 Å². The lowest BCUT2D eigenvalue weighted by atomic mass is 10.0. The van der Waals surface area contributed by atoms with E-state index in [0.717, 1.165) is 23.8 Å². The summed E-state index contributed by atoms with van der Waals surface area (Å²) in [7, 11) is 1.76. The van der Waals surface area contributed by atoms with Gasteiger partial charge in [-0.3, -0.25) is 0 Å². The molecule has 0 fully saturated rings. The van der Waals surface area contributed by atoms with Gasteiger partial charge in [-0.25, -0.2) is 13.2 Å². The van der Waals surface area contributed by atoms with Crippen molar-refractivity contribution in [2.24, 2.45) is 0 Å². The minimum Gasteiger partial charge on any atom is -0.316 e. The number of benzene rings is 2. The maximum Gasteiger partial charge on any atom is 0.131 e. The van der Waals surface area contributed by atoms with Crippen molar-refractivity contribution in [3.8, 4) is 11.1 Å². The van der Waals surface area contributed by atoms with Gasteiger partial charge in [0.1, 0.15) is 17.5 Å². The summed E-state index contributed by atoms with van der Waals surface area (Å²) < 4.78 is 40.4. The van der Waals surface area contributed by atoms with E-state index in [2.05, 4.69) is 5.32 Å². The van der Waals surface area contributed by atoms with Crippen LogP contribution in [0, 0.1) is 17.5 Å². The molecule has 4 heteroatoms. The lowest BCUT2D eigenvalue weighted by molar-refractivity contribution is 0.597. The van der Waals surface area contributed by atoms with E-state index in [1.54, 1.807) is 13.1 Å². The first-order chi connectivity index (χ1) is 8.61. The first-order valence-electron chi connectivity index (χ1n) is 5.50. The Morgan fingerprint density at radius 1 is 0.889 bits per heavy atom. The largest absolute Gasteiger partial charge is 0.316 e. The molecule has 0 spiro atoms. The SMILES string of the molecule is CNCc1ccc(F)c(-c2cc(F)ccc2F)c1. The van der Waals surface area contributed by atoms with Gasteiger partial charge in [-0.15, -0.1) is 0 Å². The van der Waals surface area contributed by atoms with E-state index in [-0.39, 0.29) is 11.1 Å². The van der Waals surface area contributed by atoms with Crippen LogP contribution in [0.5, 0.6) is 0 Å². The smallest absolute Gasteiger partial charge is 0.131 e. The third kappa shape index (κ3) is 2.54. The highest BCUT2D eigenvalue weighted by atomic mass is 19.1. The molecule has 94 valence electrons. The van der Waals surface area contributed by atoms with Crippen LogP contribution in [-0.2, 0) is 6.54 Å². The van der Waals surface area contributed by atoms with Gasteiger partial charge in [0.25, 0.3) is 0 Å². The second-order valence-corrected chi connectivity index (χ2v) is 3.97. The molecule has 0 heterocycles. The van der Waals surface area contributed by atoms with Crippen LogP contribution in [0.2, 0.25) is 0 Å². The van der Waals surface area contributed by atoms with Gasteiger partial charge < -0.3 is 5.32 Å². The minimum absolute atomic E-state index is 0.0644. The second kappa shape index (κ2) is 5.23. The fourth-order valence-electron chi connectivity index (χ4n) is 1.80. The summed E-state index contributed by atoms with van der Waals surface area (Å²) in [5, 5.41) is 2.92. The zero-order valence-electron chi connectivity index (χ0n) is 9.81. The molecule has 2 aromatic carbocycles. The van der Waals surface area contributed by atoms with E-state index in [4.69, 9.17) is 0 Å². The van der Waals surface area contributed by atoms with Gasteiger partial charge in [0.2, 0.25) is 0 Å². The van der Waals surface area contributed by atoms with Crippen LogP contribution < -0.4 is 5.32 Å². The minimum atomic E-state index is -0.642. The maximum absolute atomic E-state index is 13.7. The number of rotatable bonds is 3. The van der Waals surface area contributed by atoms with E-state index in [1.165, 1.54) is 12.1 Å². The normalized spacial score (nSPS) is 10.7. The molecule has 0 unspecified atom stereocenters. The standard InChI is InChI=1S/C14H12F3N/c1-18-8-9-2-4-13(16)11(6-9)12-7-10(15)3-5-14(12)17/h2-7,18H,8H2,1H3. The highest BCUT2D eigenvalue weighted by molar-refractivity contribution is 5.65. The Morgan fingerprint density at radius 3 is 2.17 bits per heavy atom. The molecule has 2 rings (SSSR count). The van der Waals surface area contributed by atoms with Crippen molar-refractivity contribution in [1.29, 1.82) is 0 Å². The van der Waals surface area contributed by atoms with E-state index in [9.17, 15) is 13.2 Å². The van der Waals surface area contributed by atoms with E-state index in [1.807, 2.05) is 0 Å². The lowest BCUT2D eigenvalue weighted by Crippen LogP contribution is -2.05. The van der Waals surface area contributed by atoms with Crippen LogP contribution in [0.15, 0.2) is 36.4 Å². The van der Waals surface area contributed by atoms with Gasteiger partial charge in [-0.2, -0.15) is 0 Å². The summed E-state index contributed by atoms with van der Waals surface area (Å²) in [6, 6.07) is 7.38. The molecule has 0 bridgehead atoms. The third-order valence-electron chi connectivity index (χ3n) is 2.63. The number of nitrogens with one attached hydrogen (secondary N) is 1. The summed E-state index contributed by atoms with van der Waals surface area (Å²) in [6.45, 7) is 0.532. The highest BCUT2D eigenvalue weighted by Crippen LogP contribution is 2.27. The molecule has 1 N–H and O–H groups in total. The molecule has 0 radical (unpaired) electrons. The molecule has 0 aliphatic rings. The zero-order chi connectivity index (χ0) is 13.1. The third-order valence-corrected chi connectivity index (χ3v) is 2.63. The molecule has 0 saturated heterocycles. The molecule has 0 amide bonds. The van der Waals surface area contributed by atoms with Crippen LogP contribution in [0.1, 0.15) is 5.56 Å². The summed E-state index contributed by atoms with van der Waals surface area (Å²) in [5.74, 6) is -1.80. The Balaban J connectivity index is 2.55. The Morgan fingerprint density at radius 2 is 1.50 bits per heavy atom. The van der Waals surface area contributed by atoms with Crippen molar-refractivity contribution < 1.29 is 13.2 Å². The zero-order valence-corrected chi connectivity index (χ0v) is 9.81. The van der Waals surface area contributed by atoms with E-state index < -0.39 is 17.5 Å². The highest BCUT2D eigenvalue weighted by Gasteiger charge is 2.11. The van der Waals surface area contributed by atoms with E-state index in [0.29, 0.717) is 6.54 Å². The fourth-order valence-corrected chi connectivity index (χ4v) is 1.80. The molecule has 0 aliphatic heterocycles. The fraction of sp³-hybridized carbons (Fsp3) is 0.143. The van der Waals surface area contributed by atoms with Gasteiger partial charge in [-0.1, -0.05) is 6.07 Å². The molecule has 2 aromatic rings. The molecule has 0 aliphatic carbocycles. The topological polar surface area (TPSA) is 12.0 Å². The molecule has 18 heavy (non-hydrogen) atoms. The van der Waals surface area contributed by atoms with Crippen LogP contribution in [-0.4, -0.2) is 7.05 Å². The molecule has 0 aromatic heterocycles. The molecular weight excluding hydrogens is 239 g/mol. The van der Waals surface area contributed by atoms with Gasteiger partial charge in [0.15, 0.2) is 0 Å². The second-order valence-electron chi connectivity index (χ2n) is 3.97. The first-order valence-corrected chi connectivity index (χ1v) is 5.50. The summed E-state index contributed by atoms with van der Waals surface area (Å²) in [6.07, 6.45) is 0. The van der Waals surface area contributed by atoms with Crippen molar-refractivity contribution in [3.05, 3.63) is 59.4 Å². The number of halogens is 3. The Hall–Kier alpha value is -1.81. The van der Waals surface area contributed by atoms with Gasteiger partial charge >= 0.3 is 0 Å². The van der Waals surface area contributed by atoms with Crippen molar-refractivity contribution in [3.63, 3.8) is 0 Å². The molecule has 0 saturated carbocycles. The Kier molecular flexibility index (Phi) is 3.67. The van der Waals surface area contributed by atoms with Gasteiger partial charge in [0.05, 0.1) is 0 Å².